The lowest BCUT2D eigenvalue weighted by atomic mass is 10.0. The molecule has 0 aliphatic heterocycles. The van der Waals surface area contributed by atoms with E-state index in [9.17, 15) is 9.59 Å². The Bertz CT molecular complexity index is 710. The summed E-state index contributed by atoms with van der Waals surface area (Å²) < 4.78 is 5.03. The van der Waals surface area contributed by atoms with Crippen molar-refractivity contribution in [2.75, 3.05) is 13.7 Å². The van der Waals surface area contributed by atoms with E-state index in [4.69, 9.17) is 4.74 Å². The number of fused-ring (bicyclic) bond motifs is 1. The summed E-state index contributed by atoms with van der Waals surface area (Å²) in [5, 5.41) is 0.964. The molecule has 5 nitrogen and oxygen atoms in total. The third-order valence-corrected chi connectivity index (χ3v) is 3.74. The maximum Gasteiger partial charge on any atom is 0.331 e. The van der Waals surface area contributed by atoms with Gasteiger partial charge in [-0.3, -0.25) is 4.79 Å². The number of aromatic nitrogens is 1. The van der Waals surface area contributed by atoms with Crippen molar-refractivity contribution >= 4 is 22.8 Å². The van der Waals surface area contributed by atoms with Crippen LogP contribution in [0.1, 0.15) is 31.3 Å². The van der Waals surface area contributed by atoms with Crippen LogP contribution in [0.5, 0.6) is 0 Å². The molecule has 1 aromatic heterocycles. The molecule has 0 bridgehead atoms. The molecule has 0 N–H and O–H groups in total. The molecular weight excluding hydrogens is 280 g/mol. The van der Waals surface area contributed by atoms with E-state index in [1.807, 2.05) is 30.3 Å². The third kappa shape index (κ3) is 2.93. The Morgan fingerprint density at radius 2 is 1.86 bits per heavy atom. The summed E-state index contributed by atoms with van der Waals surface area (Å²) in [5.74, 6) is -0.754. The van der Waals surface area contributed by atoms with Crippen LogP contribution >= 0.6 is 0 Å². The molecule has 116 valence electrons. The second kappa shape index (κ2) is 6.13. The number of nitrogens with zero attached hydrogens (tertiary/aromatic N) is 2. The molecule has 0 atom stereocenters. The van der Waals surface area contributed by atoms with Crippen LogP contribution in [-0.2, 0) is 9.53 Å². The van der Waals surface area contributed by atoms with E-state index in [2.05, 4.69) is 4.98 Å². The van der Waals surface area contributed by atoms with Crippen LogP contribution in [0.2, 0.25) is 0 Å². The van der Waals surface area contributed by atoms with Gasteiger partial charge in [0.05, 0.1) is 12.1 Å². The van der Waals surface area contributed by atoms with Gasteiger partial charge in [-0.25, -0.2) is 9.78 Å². The maximum absolute atomic E-state index is 12.6. The summed E-state index contributed by atoms with van der Waals surface area (Å²) in [4.78, 5) is 30.4. The fourth-order valence-corrected chi connectivity index (χ4v) is 2.06. The Hall–Kier alpha value is -2.43. The number of carbonyl (C=O) groups is 2. The van der Waals surface area contributed by atoms with Crippen LogP contribution in [0.3, 0.4) is 0 Å². The first-order valence-corrected chi connectivity index (χ1v) is 7.19. The smallest absolute Gasteiger partial charge is 0.331 e. The number of rotatable bonds is 4. The highest BCUT2D eigenvalue weighted by atomic mass is 16.5. The predicted octanol–water partition coefficient (Wildman–Crippen LogP) is 2.65. The summed E-state index contributed by atoms with van der Waals surface area (Å²) >= 11 is 0. The van der Waals surface area contributed by atoms with Gasteiger partial charge in [0.25, 0.3) is 5.91 Å². The van der Waals surface area contributed by atoms with E-state index in [0.717, 1.165) is 10.9 Å². The van der Waals surface area contributed by atoms with Crippen molar-refractivity contribution in [1.82, 2.24) is 9.88 Å². The highest BCUT2D eigenvalue weighted by Crippen LogP contribution is 2.19. The van der Waals surface area contributed by atoms with Gasteiger partial charge >= 0.3 is 5.97 Å². The minimum absolute atomic E-state index is 0.276. The summed E-state index contributed by atoms with van der Waals surface area (Å²) in [5.41, 5.74) is -0.00490. The van der Waals surface area contributed by atoms with E-state index in [1.165, 1.54) is 4.90 Å². The molecule has 22 heavy (non-hydrogen) atoms. The highest BCUT2D eigenvalue weighted by molar-refractivity contribution is 5.98. The maximum atomic E-state index is 12.6. The topological polar surface area (TPSA) is 59.5 Å². The Morgan fingerprint density at radius 3 is 2.55 bits per heavy atom. The van der Waals surface area contributed by atoms with E-state index in [-0.39, 0.29) is 12.5 Å². The Kier molecular flexibility index (Phi) is 4.45. The minimum atomic E-state index is -1.06. The van der Waals surface area contributed by atoms with Crippen LogP contribution in [0.15, 0.2) is 36.4 Å². The van der Waals surface area contributed by atoms with E-state index in [0.29, 0.717) is 5.69 Å². The number of benzene rings is 1. The molecule has 0 fully saturated rings. The van der Waals surface area contributed by atoms with Crippen molar-refractivity contribution in [1.29, 1.82) is 0 Å². The van der Waals surface area contributed by atoms with E-state index >= 15 is 0 Å². The molecule has 5 heteroatoms. The van der Waals surface area contributed by atoms with Crippen molar-refractivity contribution in [2.45, 2.75) is 26.3 Å². The van der Waals surface area contributed by atoms with Gasteiger partial charge in [-0.05, 0) is 32.9 Å². The standard InChI is InChI=1S/C17H20N2O3/c1-5-22-16(21)17(2,3)19(4)15(20)14-11-10-12-8-6-7-9-13(12)18-14/h6-11H,5H2,1-4H3. The minimum Gasteiger partial charge on any atom is -0.464 e. The second-order valence-electron chi connectivity index (χ2n) is 5.53. The summed E-state index contributed by atoms with van der Waals surface area (Å²) in [6.07, 6.45) is 0. The predicted molar refractivity (Wildman–Crippen MR) is 84.5 cm³/mol. The van der Waals surface area contributed by atoms with Gasteiger partial charge < -0.3 is 9.64 Å². The fraction of sp³-hybridized carbons (Fsp3) is 0.353. The van der Waals surface area contributed by atoms with Crippen LogP contribution in [0.25, 0.3) is 10.9 Å². The first-order chi connectivity index (χ1) is 10.4. The molecule has 1 amide bonds. The van der Waals surface area contributed by atoms with Gasteiger partial charge in [0.1, 0.15) is 11.2 Å². The fourth-order valence-electron chi connectivity index (χ4n) is 2.06. The quantitative estimate of drug-likeness (QED) is 0.814. The van der Waals surface area contributed by atoms with Crippen LogP contribution in [0.4, 0.5) is 0 Å². The monoisotopic (exact) mass is 300 g/mol. The van der Waals surface area contributed by atoms with Crippen molar-refractivity contribution in [3.05, 3.63) is 42.1 Å². The number of hydrogen-bond donors (Lipinski definition) is 0. The molecule has 2 rings (SSSR count). The normalized spacial score (nSPS) is 11.3. The zero-order valence-electron chi connectivity index (χ0n) is 13.3. The molecule has 1 heterocycles. The van der Waals surface area contributed by atoms with Gasteiger partial charge in [0.2, 0.25) is 0 Å². The summed E-state index contributed by atoms with van der Waals surface area (Å²) in [6, 6.07) is 11.1. The number of hydrogen-bond acceptors (Lipinski definition) is 4. The highest BCUT2D eigenvalue weighted by Gasteiger charge is 2.37. The first-order valence-electron chi connectivity index (χ1n) is 7.19. The van der Waals surface area contributed by atoms with Crippen molar-refractivity contribution < 1.29 is 14.3 Å². The van der Waals surface area contributed by atoms with E-state index < -0.39 is 11.5 Å². The molecule has 2 aromatic rings. The van der Waals surface area contributed by atoms with Gasteiger partial charge in [-0.1, -0.05) is 24.3 Å². The van der Waals surface area contributed by atoms with Gasteiger partial charge in [-0.15, -0.1) is 0 Å². The Morgan fingerprint density at radius 1 is 1.18 bits per heavy atom. The van der Waals surface area contributed by atoms with Crippen molar-refractivity contribution in [3.8, 4) is 0 Å². The second-order valence-corrected chi connectivity index (χ2v) is 5.53. The molecule has 0 saturated carbocycles. The molecule has 0 unspecified atom stereocenters. The largest absolute Gasteiger partial charge is 0.464 e. The average Bonchev–Trinajstić information content (AvgIpc) is 2.53. The lowest BCUT2D eigenvalue weighted by Gasteiger charge is -2.32. The molecule has 1 aromatic carbocycles. The Labute approximate surface area is 129 Å². The number of amides is 1. The van der Waals surface area contributed by atoms with Crippen LogP contribution in [0, 0.1) is 0 Å². The lowest BCUT2D eigenvalue weighted by Crippen LogP contribution is -2.51. The summed E-state index contributed by atoms with van der Waals surface area (Å²) in [7, 11) is 1.58. The van der Waals surface area contributed by atoms with Crippen LogP contribution < -0.4 is 0 Å². The number of para-hydroxylation sites is 1. The number of carbonyl (C=O) groups excluding carboxylic acids is 2. The number of ether oxygens (including phenoxy) is 1. The SMILES string of the molecule is CCOC(=O)C(C)(C)N(C)C(=O)c1ccc2ccccc2n1. The van der Waals surface area contributed by atoms with Gasteiger partial charge in [-0.2, -0.15) is 0 Å². The Balaban J connectivity index is 2.30. The molecule has 0 aliphatic rings. The van der Waals surface area contributed by atoms with Gasteiger partial charge in [0.15, 0.2) is 0 Å². The molecule has 0 aliphatic carbocycles. The molecule has 0 radical (unpaired) electrons. The summed E-state index contributed by atoms with van der Waals surface area (Å²) in [6.45, 7) is 5.33. The zero-order valence-corrected chi connectivity index (χ0v) is 13.3. The number of pyridine rings is 1. The van der Waals surface area contributed by atoms with Crippen molar-refractivity contribution in [2.24, 2.45) is 0 Å². The molecule has 0 saturated heterocycles. The number of likely N-dealkylation sites (N-methyl/N-ethyl adjacent to an activating group) is 1. The van der Waals surface area contributed by atoms with Crippen molar-refractivity contribution in [3.63, 3.8) is 0 Å². The zero-order chi connectivity index (χ0) is 16.3. The lowest BCUT2D eigenvalue weighted by molar-refractivity contribution is -0.153. The first kappa shape index (κ1) is 15.9. The number of esters is 1. The average molecular weight is 300 g/mol. The molecule has 0 spiro atoms. The third-order valence-electron chi connectivity index (χ3n) is 3.74. The van der Waals surface area contributed by atoms with Gasteiger partial charge in [0, 0.05) is 12.4 Å². The molecular formula is C17H20N2O3. The van der Waals surface area contributed by atoms with E-state index in [1.54, 1.807) is 33.9 Å². The van der Waals surface area contributed by atoms with Crippen LogP contribution in [-0.4, -0.2) is 41.0 Å².